The van der Waals surface area contributed by atoms with Crippen LogP contribution in [0.15, 0.2) is 48.5 Å². The van der Waals surface area contributed by atoms with Crippen LogP contribution < -0.4 is 0 Å². The van der Waals surface area contributed by atoms with Crippen molar-refractivity contribution in [1.29, 1.82) is 0 Å². The highest BCUT2D eigenvalue weighted by Gasteiger charge is 2.25. The van der Waals surface area contributed by atoms with Crippen molar-refractivity contribution in [3.8, 4) is 11.5 Å². The third-order valence-electron chi connectivity index (χ3n) is 4.54. The predicted octanol–water partition coefficient (Wildman–Crippen LogP) is 2.01. The molecule has 2 amide bonds. The number of phenolic OH excluding ortho intramolecular Hbond substituents is 2. The molecular weight excluding hydrogens is 332 g/mol. The summed E-state index contributed by atoms with van der Waals surface area (Å²) in [5.74, 6) is -0.463. The van der Waals surface area contributed by atoms with E-state index in [9.17, 15) is 19.8 Å². The van der Waals surface area contributed by atoms with Crippen molar-refractivity contribution in [2.75, 3.05) is 26.2 Å². The number of rotatable bonds is 4. The van der Waals surface area contributed by atoms with Crippen molar-refractivity contribution in [3.63, 3.8) is 0 Å². The molecule has 2 N–H and O–H groups in total. The molecule has 3 rings (SSSR count). The van der Waals surface area contributed by atoms with E-state index in [0.29, 0.717) is 39.0 Å². The minimum Gasteiger partial charge on any atom is -0.508 e. The van der Waals surface area contributed by atoms with Gasteiger partial charge in [-0.25, -0.2) is 0 Å². The molecule has 0 bridgehead atoms. The van der Waals surface area contributed by atoms with E-state index >= 15 is 0 Å². The minimum atomic E-state index is -0.257. The van der Waals surface area contributed by atoms with E-state index in [1.165, 1.54) is 18.2 Å². The van der Waals surface area contributed by atoms with Gasteiger partial charge in [0.05, 0.1) is 0 Å². The summed E-state index contributed by atoms with van der Waals surface area (Å²) in [5.41, 5.74) is 1.38. The fourth-order valence-corrected chi connectivity index (χ4v) is 3.11. The molecule has 2 aromatic rings. The third-order valence-corrected chi connectivity index (χ3v) is 4.54. The summed E-state index contributed by atoms with van der Waals surface area (Å²) in [7, 11) is 0. The van der Waals surface area contributed by atoms with E-state index < -0.39 is 0 Å². The maximum atomic E-state index is 12.5. The molecule has 2 aromatic carbocycles. The second kappa shape index (κ2) is 7.91. The monoisotopic (exact) mass is 354 g/mol. The summed E-state index contributed by atoms with van der Waals surface area (Å²) < 4.78 is 0. The van der Waals surface area contributed by atoms with Gasteiger partial charge in [-0.1, -0.05) is 30.3 Å². The molecule has 0 saturated carbocycles. The normalized spacial score (nSPS) is 14.3. The van der Waals surface area contributed by atoms with Gasteiger partial charge in [-0.15, -0.1) is 0 Å². The van der Waals surface area contributed by atoms with Crippen molar-refractivity contribution in [2.45, 2.75) is 12.8 Å². The average Bonchev–Trinajstić information content (AvgIpc) is 2.65. The van der Waals surface area contributed by atoms with Crippen molar-refractivity contribution in [1.82, 2.24) is 9.80 Å². The molecule has 6 heteroatoms. The van der Waals surface area contributed by atoms with E-state index in [1.54, 1.807) is 9.80 Å². The zero-order valence-electron chi connectivity index (χ0n) is 14.5. The van der Waals surface area contributed by atoms with Gasteiger partial charge in [0, 0.05) is 44.2 Å². The first-order chi connectivity index (χ1) is 12.5. The highest BCUT2D eigenvalue weighted by atomic mass is 16.3. The van der Waals surface area contributed by atoms with Gasteiger partial charge >= 0.3 is 0 Å². The molecule has 0 atom stereocenters. The first-order valence-electron chi connectivity index (χ1n) is 8.67. The molecular formula is C20H22N2O4. The van der Waals surface area contributed by atoms with Gasteiger partial charge in [0.25, 0.3) is 5.91 Å². The van der Waals surface area contributed by atoms with Crippen LogP contribution in [-0.2, 0) is 11.2 Å². The number of aromatic hydroxyl groups is 2. The SMILES string of the molecule is O=C(CCc1ccccc1)N1CCN(C(=O)c2cc(O)cc(O)c2)CC1. The number of nitrogens with zero attached hydrogens (tertiary/aromatic N) is 2. The number of phenols is 2. The van der Waals surface area contributed by atoms with Crippen LogP contribution in [0.2, 0.25) is 0 Å². The van der Waals surface area contributed by atoms with Crippen LogP contribution in [-0.4, -0.2) is 58.0 Å². The van der Waals surface area contributed by atoms with Crippen LogP contribution in [0, 0.1) is 0 Å². The van der Waals surface area contributed by atoms with Crippen molar-refractivity contribution in [2.24, 2.45) is 0 Å². The number of piperazine rings is 1. The lowest BCUT2D eigenvalue weighted by atomic mass is 10.1. The number of hydrogen-bond acceptors (Lipinski definition) is 4. The van der Waals surface area contributed by atoms with Crippen LogP contribution in [0.1, 0.15) is 22.3 Å². The molecule has 0 unspecified atom stereocenters. The number of amides is 2. The molecule has 26 heavy (non-hydrogen) atoms. The molecule has 0 aromatic heterocycles. The van der Waals surface area contributed by atoms with Gasteiger partial charge in [0.2, 0.25) is 5.91 Å². The summed E-state index contributed by atoms with van der Waals surface area (Å²) in [4.78, 5) is 28.3. The quantitative estimate of drug-likeness (QED) is 0.880. The Morgan fingerprint density at radius 2 is 1.42 bits per heavy atom. The lowest BCUT2D eigenvalue weighted by molar-refractivity contribution is -0.132. The van der Waals surface area contributed by atoms with Crippen LogP contribution in [0.25, 0.3) is 0 Å². The number of benzene rings is 2. The van der Waals surface area contributed by atoms with Gasteiger partial charge < -0.3 is 20.0 Å². The minimum absolute atomic E-state index is 0.0935. The maximum Gasteiger partial charge on any atom is 0.254 e. The van der Waals surface area contributed by atoms with Gasteiger partial charge in [0.15, 0.2) is 0 Å². The van der Waals surface area contributed by atoms with E-state index in [0.717, 1.165) is 5.56 Å². The van der Waals surface area contributed by atoms with E-state index in [2.05, 4.69) is 0 Å². The number of carbonyl (C=O) groups excluding carboxylic acids is 2. The lowest BCUT2D eigenvalue weighted by Crippen LogP contribution is -2.50. The molecule has 136 valence electrons. The number of hydrogen-bond donors (Lipinski definition) is 2. The van der Waals surface area contributed by atoms with Crippen molar-refractivity contribution < 1.29 is 19.8 Å². The highest BCUT2D eigenvalue weighted by molar-refractivity contribution is 5.95. The first-order valence-corrected chi connectivity index (χ1v) is 8.67. The maximum absolute atomic E-state index is 12.5. The molecule has 0 aliphatic carbocycles. The fourth-order valence-electron chi connectivity index (χ4n) is 3.11. The van der Waals surface area contributed by atoms with Crippen LogP contribution in [0.4, 0.5) is 0 Å². The van der Waals surface area contributed by atoms with Crippen LogP contribution in [0.5, 0.6) is 11.5 Å². The Morgan fingerprint density at radius 3 is 2.04 bits per heavy atom. The first kappa shape index (κ1) is 17.8. The third kappa shape index (κ3) is 4.33. The van der Waals surface area contributed by atoms with Crippen LogP contribution >= 0.6 is 0 Å². The topological polar surface area (TPSA) is 81.1 Å². The molecule has 1 saturated heterocycles. The van der Waals surface area contributed by atoms with Crippen molar-refractivity contribution >= 4 is 11.8 Å². The zero-order chi connectivity index (χ0) is 18.5. The number of aryl methyl sites for hydroxylation is 1. The summed E-state index contributed by atoms with van der Waals surface area (Å²) >= 11 is 0. The molecule has 0 radical (unpaired) electrons. The average molecular weight is 354 g/mol. The smallest absolute Gasteiger partial charge is 0.254 e. The van der Waals surface area contributed by atoms with E-state index in [1.807, 2.05) is 30.3 Å². The highest BCUT2D eigenvalue weighted by Crippen LogP contribution is 2.22. The van der Waals surface area contributed by atoms with Crippen LogP contribution in [0.3, 0.4) is 0 Å². The van der Waals surface area contributed by atoms with Gasteiger partial charge in [-0.3, -0.25) is 9.59 Å². The summed E-state index contributed by atoms with van der Waals surface area (Å²) in [6.45, 7) is 1.85. The lowest BCUT2D eigenvalue weighted by Gasteiger charge is -2.35. The molecule has 1 aliphatic rings. The molecule has 1 aliphatic heterocycles. The standard InChI is InChI=1S/C20H22N2O4/c23-17-12-16(13-18(24)14-17)20(26)22-10-8-21(9-11-22)19(25)7-6-15-4-2-1-3-5-15/h1-5,12-14,23-24H,6-11H2. The second-order valence-corrected chi connectivity index (χ2v) is 6.40. The largest absolute Gasteiger partial charge is 0.508 e. The van der Waals surface area contributed by atoms with Gasteiger partial charge in [0.1, 0.15) is 11.5 Å². The van der Waals surface area contributed by atoms with Crippen molar-refractivity contribution in [3.05, 3.63) is 59.7 Å². The summed E-state index contributed by atoms with van der Waals surface area (Å²) in [6, 6.07) is 13.7. The Kier molecular flexibility index (Phi) is 5.41. The molecule has 0 spiro atoms. The summed E-state index contributed by atoms with van der Waals surface area (Å²) in [5, 5.41) is 19.1. The molecule has 6 nitrogen and oxygen atoms in total. The number of carbonyl (C=O) groups is 2. The molecule has 1 fully saturated rings. The predicted molar refractivity (Wildman–Crippen MR) is 97.0 cm³/mol. The Balaban J connectivity index is 1.52. The Morgan fingerprint density at radius 1 is 0.846 bits per heavy atom. The molecule has 1 heterocycles. The Hall–Kier alpha value is -3.02. The van der Waals surface area contributed by atoms with E-state index in [4.69, 9.17) is 0 Å². The van der Waals surface area contributed by atoms with Gasteiger partial charge in [-0.2, -0.15) is 0 Å². The van der Waals surface area contributed by atoms with E-state index in [-0.39, 0.29) is 28.9 Å². The Labute approximate surface area is 152 Å². The Bertz CT molecular complexity index is 763. The fraction of sp³-hybridized carbons (Fsp3) is 0.300. The zero-order valence-corrected chi connectivity index (χ0v) is 14.5. The second-order valence-electron chi connectivity index (χ2n) is 6.40. The van der Waals surface area contributed by atoms with Gasteiger partial charge in [-0.05, 0) is 24.1 Å². The summed E-state index contributed by atoms with van der Waals surface area (Å²) in [6.07, 6.45) is 1.17.